The maximum atomic E-state index is 10.8. The zero-order chi connectivity index (χ0) is 29.0. The van der Waals surface area contributed by atoms with E-state index < -0.39 is 0 Å². The van der Waals surface area contributed by atoms with Crippen LogP contribution in [0.15, 0.2) is 34.3 Å². The van der Waals surface area contributed by atoms with Crippen LogP contribution in [-0.2, 0) is 25.7 Å². The van der Waals surface area contributed by atoms with Crippen molar-refractivity contribution in [3.05, 3.63) is 57.6 Å². The predicted molar refractivity (Wildman–Crippen MR) is 174 cm³/mol. The molecule has 0 aliphatic carbocycles. The molecule has 0 fully saturated rings. The summed E-state index contributed by atoms with van der Waals surface area (Å²) in [5, 5.41) is 21.5. The lowest BCUT2D eigenvalue weighted by atomic mass is 9.97. The number of nitrogens with zero attached hydrogens (tertiary/aromatic N) is 2. The quantitative estimate of drug-likeness (QED) is 0.120. The molecule has 0 aliphatic rings. The molecule has 0 amide bonds. The maximum Gasteiger partial charge on any atom is 0.127 e. The Morgan fingerprint density at radius 3 is 1.25 bits per heavy atom. The zero-order valence-electron chi connectivity index (χ0n) is 26.0. The van der Waals surface area contributed by atoms with Gasteiger partial charge in [-0.15, -0.1) is 0 Å². The molecule has 0 saturated carbocycles. The summed E-state index contributed by atoms with van der Waals surface area (Å²) in [6, 6.07) is 8.62. The summed E-state index contributed by atoms with van der Waals surface area (Å²) in [4.78, 5) is 9.29. The van der Waals surface area contributed by atoms with Gasteiger partial charge in [0, 0.05) is 36.6 Å². The van der Waals surface area contributed by atoms with Gasteiger partial charge in [-0.1, -0.05) is 78.4 Å². The lowest BCUT2D eigenvalue weighted by Crippen LogP contribution is -1.97. The first-order chi connectivity index (χ1) is 19.5. The maximum absolute atomic E-state index is 10.8. The van der Waals surface area contributed by atoms with Gasteiger partial charge >= 0.3 is 0 Å². The number of rotatable bonds is 21. The van der Waals surface area contributed by atoms with Crippen molar-refractivity contribution in [2.75, 3.05) is 13.1 Å². The standard InChI is InChI=1S/C36H56N2O2/c1-5-9-17-29-23-31(19-11-7-3)35(39)33(25-29)27-37-21-15-13-14-16-22-38-28-34-26-30(18-10-6-2)24-32(36(34)40)20-12-8-4/h23-28,39-40H,5-22H2,1-4H3. The van der Waals surface area contributed by atoms with Gasteiger partial charge in [0.25, 0.3) is 0 Å². The van der Waals surface area contributed by atoms with Gasteiger partial charge in [-0.05, 0) is 98.6 Å². The van der Waals surface area contributed by atoms with Crippen LogP contribution in [0.1, 0.15) is 138 Å². The van der Waals surface area contributed by atoms with E-state index in [0.29, 0.717) is 11.5 Å². The molecule has 40 heavy (non-hydrogen) atoms. The highest BCUT2D eigenvalue weighted by Crippen LogP contribution is 2.27. The van der Waals surface area contributed by atoms with Gasteiger partial charge in [-0.25, -0.2) is 0 Å². The van der Waals surface area contributed by atoms with E-state index in [-0.39, 0.29) is 0 Å². The monoisotopic (exact) mass is 548 g/mol. The Kier molecular flexibility index (Phi) is 17.0. The lowest BCUT2D eigenvalue weighted by molar-refractivity contribution is 0.465. The fraction of sp³-hybridized carbons (Fsp3) is 0.611. The summed E-state index contributed by atoms with van der Waals surface area (Å²) in [5.41, 5.74) is 6.49. The molecule has 0 saturated heterocycles. The number of hydrogen-bond acceptors (Lipinski definition) is 4. The molecule has 0 unspecified atom stereocenters. The van der Waals surface area contributed by atoms with E-state index in [4.69, 9.17) is 0 Å². The Labute approximate surface area is 245 Å². The van der Waals surface area contributed by atoms with Gasteiger partial charge in [-0.2, -0.15) is 0 Å². The van der Waals surface area contributed by atoms with E-state index in [0.717, 1.165) is 112 Å². The number of phenolic OH excluding ortho intramolecular Hbond substituents is 2. The number of hydrogen-bond donors (Lipinski definition) is 2. The van der Waals surface area contributed by atoms with Crippen LogP contribution in [0.2, 0.25) is 0 Å². The zero-order valence-corrected chi connectivity index (χ0v) is 26.0. The molecule has 0 spiro atoms. The minimum Gasteiger partial charge on any atom is -0.507 e. The SMILES string of the molecule is CCCCc1cc(C=NCCCCCCN=Cc2cc(CCCC)cc(CCCC)c2O)c(O)c(CCCC)c1. The summed E-state index contributed by atoms with van der Waals surface area (Å²) >= 11 is 0. The van der Waals surface area contributed by atoms with Gasteiger partial charge in [0.2, 0.25) is 0 Å². The number of unbranched alkanes of at least 4 members (excludes halogenated alkanes) is 7. The van der Waals surface area contributed by atoms with Crippen molar-refractivity contribution in [1.29, 1.82) is 0 Å². The number of aliphatic imine (C=N–C) groups is 2. The van der Waals surface area contributed by atoms with Gasteiger partial charge in [0.1, 0.15) is 11.5 Å². The fourth-order valence-electron chi connectivity index (χ4n) is 5.02. The van der Waals surface area contributed by atoms with Crippen LogP contribution >= 0.6 is 0 Å². The minimum absolute atomic E-state index is 0.412. The predicted octanol–water partition coefficient (Wildman–Crippen LogP) is 9.57. The number of aryl methyl sites for hydroxylation is 4. The molecule has 4 nitrogen and oxygen atoms in total. The van der Waals surface area contributed by atoms with Crippen molar-refractivity contribution in [2.45, 2.75) is 130 Å². The van der Waals surface area contributed by atoms with Gasteiger partial charge < -0.3 is 10.2 Å². The van der Waals surface area contributed by atoms with E-state index in [1.807, 2.05) is 12.4 Å². The topological polar surface area (TPSA) is 65.2 Å². The molecular formula is C36H56N2O2. The summed E-state index contributed by atoms with van der Waals surface area (Å²) in [6.45, 7) is 10.4. The fourth-order valence-corrected chi connectivity index (χ4v) is 5.02. The molecule has 0 aliphatic heterocycles. The van der Waals surface area contributed by atoms with Gasteiger partial charge in [0.05, 0.1) is 0 Å². The van der Waals surface area contributed by atoms with E-state index in [1.165, 1.54) is 36.8 Å². The van der Waals surface area contributed by atoms with E-state index >= 15 is 0 Å². The van der Waals surface area contributed by atoms with E-state index in [2.05, 4.69) is 61.9 Å². The smallest absolute Gasteiger partial charge is 0.127 e. The third kappa shape index (κ3) is 12.3. The van der Waals surface area contributed by atoms with Crippen molar-refractivity contribution < 1.29 is 10.2 Å². The molecule has 0 radical (unpaired) electrons. The summed E-state index contributed by atoms with van der Waals surface area (Å²) in [7, 11) is 0. The van der Waals surface area contributed by atoms with Crippen LogP contribution in [-0.4, -0.2) is 35.7 Å². The first-order valence-electron chi connectivity index (χ1n) is 16.2. The molecule has 2 aromatic rings. The normalized spacial score (nSPS) is 11.8. The third-order valence-electron chi connectivity index (χ3n) is 7.58. The van der Waals surface area contributed by atoms with Crippen LogP contribution in [0.5, 0.6) is 11.5 Å². The first-order valence-corrected chi connectivity index (χ1v) is 16.2. The van der Waals surface area contributed by atoms with Crippen molar-refractivity contribution in [3.8, 4) is 11.5 Å². The number of aromatic hydroxyl groups is 2. The average molecular weight is 549 g/mol. The summed E-state index contributed by atoms with van der Waals surface area (Å²) in [6.07, 6.45) is 21.2. The molecule has 0 aromatic heterocycles. The lowest BCUT2D eigenvalue weighted by Gasteiger charge is -2.11. The molecule has 4 heteroatoms. The van der Waals surface area contributed by atoms with Gasteiger partial charge in [0.15, 0.2) is 0 Å². The highest BCUT2D eigenvalue weighted by atomic mass is 16.3. The van der Waals surface area contributed by atoms with Crippen LogP contribution < -0.4 is 0 Å². The minimum atomic E-state index is 0.412. The van der Waals surface area contributed by atoms with Gasteiger partial charge in [-0.3, -0.25) is 9.98 Å². The van der Waals surface area contributed by atoms with Crippen LogP contribution in [0, 0.1) is 0 Å². The van der Waals surface area contributed by atoms with Crippen molar-refractivity contribution in [1.82, 2.24) is 0 Å². The van der Waals surface area contributed by atoms with Crippen LogP contribution in [0.3, 0.4) is 0 Å². The van der Waals surface area contributed by atoms with Crippen molar-refractivity contribution >= 4 is 12.4 Å². The molecule has 222 valence electrons. The largest absolute Gasteiger partial charge is 0.507 e. The number of phenols is 2. The average Bonchev–Trinajstić information content (AvgIpc) is 2.96. The highest BCUT2D eigenvalue weighted by molar-refractivity contribution is 5.85. The molecule has 0 atom stereocenters. The Morgan fingerprint density at radius 2 is 0.875 bits per heavy atom. The second-order valence-electron chi connectivity index (χ2n) is 11.3. The van der Waals surface area contributed by atoms with Crippen molar-refractivity contribution in [2.24, 2.45) is 9.98 Å². The molecule has 0 heterocycles. The van der Waals surface area contributed by atoms with Crippen LogP contribution in [0.25, 0.3) is 0 Å². The second-order valence-corrected chi connectivity index (χ2v) is 11.3. The molecule has 2 N–H and O–H groups in total. The summed E-state index contributed by atoms with van der Waals surface area (Å²) < 4.78 is 0. The summed E-state index contributed by atoms with van der Waals surface area (Å²) in [5.74, 6) is 0.824. The van der Waals surface area contributed by atoms with Crippen molar-refractivity contribution in [3.63, 3.8) is 0 Å². The Balaban J connectivity index is 1.81. The van der Waals surface area contributed by atoms with Crippen LogP contribution in [0.4, 0.5) is 0 Å². The molecule has 2 aromatic carbocycles. The third-order valence-corrected chi connectivity index (χ3v) is 7.58. The second kappa shape index (κ2) is 20.3. The van der Waals surface area contributed by atoms with E-state index in [9.17, 15) is 10.2 Å². The number of benzene rings is 2. The highest BCUT2D eigenvalue weighted by Gasteiger charge is 2.10. The Morgan fingerprint density at radius 1 is 0.500 bits per heavy atom. The van der Waals surface area contributed by atoms with E-state index in [1.54, 1.807) is 0 Å². The Hall–Kier alpha value is -2.62. The molecular weight excluding hydrogens is 492 g/mol. The molecule has 2 rings (SSSR count). The first kappa shape index (κ1) is 33.6. The molecule has 0 bridgehead atoms. The Bertz CT molecular complexity index is 958.